The van der Waals surface area contributed by atoms with Crippen molar-refractivity contribution in [1.29, 1.82) is 0 Å². The Morgan fingerprint density at radius 1 is 1.44 bits per heavy atom. The van der Waals surface area contributed by atoms with Crippen molar-refractivity contribution in [3.8, 4) is 0 Å². The highest BCUT2D eigenvalue weighted by Crippen LogP contribution is 2.28. The molecule has 0 radical (unpaired) electrons. The van der Waals surface area contributed by atoms with E-state index in [1.807, 2.05) is 13.8 Å². The van der Waals surface area contributed by atoms with Gasteiger partial charge in [-0.05, 0) is 34.1 Å². The summed E-state index contributed by atoms with van der Waals surface area (Å²) in [7, 11) is 0. The first-order valence-electron chi connectivity index (χ1n) is 5.71. The Bertz CT molecular complexity index is 394. The average molecular weight is 221 g/mol. The highest BCUT2D eigenvalue weighted by Gasteiger charge is 2.37. The molecule has 1 aromatic rings. The van der Waals surface area contributed by atoms with Gasteiger partial charge in [-0.1, -0.05) is 0 Å². The van der Waals surface area contributed by atoms with Gasteiger partial charge >= 0.3 is 0 Å². The maximum absolute atomic E-state index is 5.58. The lowest BCUT2D eigenvalue weighted by atomic mass is 9.95. The molecule has 1 fully saturated rings. The Balaban J connectivity index is 2.17. The molecule has 4 nitrogen and oxygen atoms in total. The van der Waals surface area contributed by atoms with Gasteiger partial charge in [0.1, 0.15) is 5.82 Å². The van der Waals surface area contributed by atoms with Gasteiger partial charge in [-0.15, -0.1) is 0 Å². The summed E-state index contributed by atoms with van der Waals surface area (Å²) in [5.74, 6) is 0.836. The van der Waals surface area contributed by atoms with Gasteiger partial charge in [-0.3, -0.25) is 4.98 Å². The van der Waals surface area contributed by atoms with E-state index < -0.39 is 0 Å². The second-order valence-electron chi connectivity index (χ2n) is 4.73. The molecule has 1 aliphatic heterocycles. The zero-order valence-electron chi connectivity index (χ0n) is 10.4. The highest BCUT2D eigenvalue weighted by atomic mass is 16.5. The smallest absolute Gasteiger partial charge is 0.145 e. The van der Waals surface area contributed by atoms with Crippen LogP contribution in [0, 0.1) is 13.8 Å². The van der Waals surface area contributed by atoms with Gasteiger partial charge in [-0.25, -0.2) is 4.98 Å². The normalized spacial score (nSPS) is 29.4. The fourth-order valence-corrected chi connectivity index (χ4v) is 1.89. The summed E-state index contributed by atoms with van der Waals surface area (Å²) in [6, 6.07) is 0. The number of rotatable bonds is 2. The van der Waals surface area contributed by atoms with Crippen LogP contribution in [0.3, 0.4) is 0 Å². The molecule has 2 unspecified atom stereocenters. The van der Waals surface area contributed by atoms with Crippen LogP contribution in [-0.2, 0) is 4.74 Å². The van der Waals surface area contributed by atoms with Gasteiger partial charge in [0.15, 0.2) is 0 Å². The number of hydrogen-bond donors (Lipinski definition) is 1. The monoisotopic (exact) mass is 221 g/mol. The molecule has 88 valence electrons. The molecule has 2 heterocycles. The minimum absolute atomic E-state index is 0.0314. The standard InChI is InChI=1S/C12H19N3O/c1-8-9(2)14-11(7-13-8)15-12(4)5-6-16-10(12)3/h7,10H,5-6H2,1-4H3,(H,14,15). The molecule has 0 bridgehead atoms. The summed E-state index contributed by atoms with van der Waals surface area (Å²) in [6.07, 6.45) is 3.00. The molecule has 1 N–H and O–H groups in total. The lowest BCUT2D eigenvalue weighted by Gasteiger charge is -2.29. The molecule has 4 heteroatoms. The summed E-state index contributed by atoms with van der Waals surface area (Å²) >= 11 is 0. The summed E-state index contributed by atoms with van der Waals surface area (Å²) < 4.78 is 5.58. The van der Waals surface area contributed by atoms with E-state index >= 15 is 0 Å². The van der Waals surface area contributed by atoms with E-state index in [0.29, 0.717) is 0 Å². The van der Waals surface area contributed by atoms with Gasteiger partial charge in [0.05, 0.1) is 29.2 Å². The maximum Gasteiger partial charge on any atom is 0.145 e. The molecule has 0 amide bonds. The summed E-state index contributed by atoms with van der Waals surface area (Å²) in [6.45, 7) is 9.01. The van der Waals surface area contributed by atoms with E-state index in [1.165, 1.54) is 0 Å². The minimum Gasteiger partial charge on any atom is -0.376 e. The van der Waals surface area contributed by atoms with Crippen LogP contribution < -0.4 is 5.32 Å². The van der Waals surface area contributed by atoms with E-state index in [0.717, 1.165) is 30.2 Å². The van der Waals surface area contributed by atoms with Crippen LogP contribution in [0.1, 0.15) is 31.7 Å². The number of ether oxygens (including phenoxy) is 1. The number of aryl methyl sites for hydroxylation is 2. The third kappa shape index (κ3) is 2.02. The fraction of sp³-hybridized carbons (Fsp3) is 0.667. The van der Waals surface area contributed by atoms with Crippen LogP contribution in [0.15, 0.2) is 6.20 Å². The van der Waals surface area contributed by atoms with E-state index in [-0.39, 0.29) is 11.6 Å². The molecular formula is C12H19N3O. The molecule has 1 aromatic heterocycles. The van der Waals surface area contributed by atoms with Crippen LogP contribution >= 0.6 is 0 Å². The Morgan fingerprint density at radius 3 is 2.75 bits per heavy atom. The van der Waals surface area contributed by atoms with Gasteiger partial charge in [0, 0.05) is 6.61 Å². The van der Waals surface area contributed by atoms with Gasteiger partial charge in [0.25, 0.3) is 0 Å². The largest absolute Gasteiger partial charge is 0.376 e. The van der Waals surface area contributed by atoms with E-state index in [1.54, 1.807) is 6.20 Å². The molecule has 0 aliphatic carbocycles. The fourth-order valence-electron chi connectivity index (χ4n) is 1.89. The second kappa shape index (κ2) is 4.01. The van der Waals surface area contributed by atoms with E-state index in [4.69, 9.17) is 4.74 Å². The van der Waals surface area contributed by atoms with Crippen molar-refractivity contribution >= 4 is 5.82 Å². The molecular weight excluding hydrogens is 202 g/mol. The van der Waals surface area contributed by atoms with Gasteiger partial charge in [0.2, 0.25) is 0 Å². The second-order valence-corrected chi connectivity index (χ2v) is 4.73. The predicted octanol–water partition coefficient (Wildman–Crippen LogP) is 2.07. The molecule has 2 rings (SSSR count). The molecule has 16 heavy (non-hydrogen) atoms. The van der Waals surface area contributed by atoms with Crippen molar-refractivity contribution in [2.45, 2.75) is 45.8 Å². The van der Waals surface area contributed by atoms with Crippen molar-refractivity contribution in [1.82, 2.24) is 9.97 Å². The lowest BCUT2D eigenvalue weighted by molar-refractivity contribution is 0.105. The van der Waals surface area contributed by atoms with Crippen LogP contribution in [0.25, 0.3) is 0 Å². The minimum atomic E-state index is -0.0314. The average Bonchev–Trinajstić information content (AvgIpc) is 2.53. The van der Waals surface area contributed by atoms with Crippen LogP contribution in [0.5, 0.6) is 0 Å². The zero-order valence-corrected chi connectivity index (χ0v) is 10.4. The first-order valence-corrected chi connectivity index (χ1v) is 5.71. The van der Waals surface area contributed by atoms with Crippen molar-refractivity contribution in [2.75, 3.05) is 11.9 Å². The molecule has 0 spiro atoms. The Kier molecular flexibility index (Phi) is 2.84. The topological polar surface area (TPSA) is 47.0 Å². The summed E-state index contributed by atoms with van der Waals surface area (Å²) in [4.78, 5) is 8.80. The molecule has 0 saturated carbocycles. The quantitative estimate of drug-likeness (QED) is 0.830. The molecule has 1 saturated heterocycles. The van der Waals surface area contributed by atoms with Gasteiger partial charge in [-0.2, -0.15) is 0 Å². The number of hydrogen-bond acceptors (Lipinski definition) is 4. The molecule has 1 aliphatic rings. The van der Waals surface area contributed by atoms with Crippen molar-refractivity contribution in [3.05, 3.63) is 17.6 Å². The SMILES string of the molecule is Cc1ncc(NC2(C)CCOC2C)nc1C. The summed E-state index contributed by atoms with van der Waals surface area (Å²) in [5, 5.41) is 3.44. The Hall–Kier alpha value is -1.16. The van der Waals surface area contributed by atoms with Crippen LogP contribution in [-0.4, -0.2) is 28.2 Å². The van der Waals surface area contributed by atoms with Gasteiger partial charge < -0.3 is 10.1 Å². The third-order valence-electron chi connectivity index (χ3n) is 3.49. The number of nitrogens with one attached hydrogen (secondary N) is 1. The third-order valence-corrected chi connectivity index (χ3v) is 3.49. The first kappa shape index (κ1) is 11.3. The number of aromatic nitrogens is 2. The molecule has 2 atom stereocenters. The van der Waals surface area contributed by atoms with E-state index in [9.17, 15) is 0 Å². The van der Waals surface area contributed by atoms with Crippen molar-refractivity contribution < 1.29 is 4.74 Å². The maximum atomic E-state index is 5.58. The molecule has 0 aromatic carbocycles. The number of nitrogens with zero attached hydrogens (tertiary/aromatic N) is 2. The Morgan fingerprint density at radius 2 is 2.19 bits per heavy atom. The first-order chi connectivity index (χ1) is 7.51. The van der Waals surface area contributed by atoms with Crippen molar-refractivity contribution in [3.63, 3.8) is 0 Å². The predicted molar refractivity (Wildman–Crippen MR) is 63.6 cm³/mol. The van der Waals surface area contributed by atoms with E-state index in [2.05, 4.69) is 29.1 Å². The van der Waals surface area contributed by atoms with Crippen LogP contribution in [0.2, 0.25) is 0 Å². The Labute approximate surface area is 96.4 Å². The lowest BCUT2D eigenvalue weighted by Crippen LogP contribution is -2.41. The summed E-state index contributed by atoms with van der Waals surface area (Å²) in [5.41, 5.74) is 1.92. The number of anilines is 1. The highest BCUT2D eigenvalue weighted by molar-refractivity contribution is 5.37. The van der Waals surface area contributed by atoms with Crippen molar-refractivity contribution in [2.24, 2.45) is 0 Å². The zero-order chi connectivity index (χ0) is 11.8. The van der Waals surface area contributed by atoms with Crippen LogP contribution in [0.4, 0.5) is 5.82 Å².